The Kier molecular flexibility index (Phi) is 5.47. The van der Waals surface area contributed by atoms with Crippen LogP contribution in [0.15, 0.2) is 18.2 Å². The van der Waals surface area contributed by atoms with Crippen LogP contribution in [0.1, 0.15) is 30.9 Å². The fourth-order valence-electron chi connectivity index (χ4n) is 1.93. The molecule has 1 atom stereocenters. The molecule has 0 fully saturated rings. The summed E-state index contributed by atoms with van der Waals surface area (Å²) in [6.07, 6.45) is 3.07. The van der Waals surface area contributed by atoms with Gasteiger partial charge in [0.05, 0.1) is 0 Å². The molecule has 0 aliphatic rings. The fraction of sp³-hybridized carbons (Fsp3) is 0.571. The highest BCUT2D eigenvalue weighted by Gasteiger charge is 2.10. The first-order chi connectivity index (χ1) is 7.67. The van der Waals surface area contributed by atoms with Crippen molar-refractivity contribution in [2.45, 2.75) is 33.1 Å². The second kappa shape index (κ2) is 6.64. The van der Waals surface area contributed by atoms with Crippen molar-refractivity contribution in [1.82, 2.24) is 5.32 Å². The van der Waals surface area contributed by atoms with E-state index in [-0.39, 0.29) is 5.82 Å². The van der Waals surface area contributed by atoms with Crippen molar-refractivity contribution < 1.29 is 4.39 Å². The molecule has 0 bridgehead atoms. The Hall–Kier alpha value is -0.890. The highest BCUT2D eigenvalue weighted by Crippen LogP contribution is 2.18. The van der Waals surface area contributed by atoms with Crippen LogP contribution >= 0.6 is 0 Å². The lowest BCUT2D eigenvalue weighted by atomic mass is 9.93. The van der Waals surface area contributed by atoms with Gasteiger partial charge in [-0.05, 0) is 56.5 Å². The van der Waals surface area contributed by atoms with Gasteiger partial charge in [0.25, 0.3) is 0 Å². The molecule has 1 nitrogen and oxygen atoms in total. The third-order valence-electron chi connectivity index (χ3n) is 3.10. The van der Waals surface area contributed by atoms with Gasteiger partial charge < -0.3 is 5.32 Å². The van der Waals surface area contributed by atoms with Gasteiger partial charge in [0.1, 0.15) is 5.82 Å². The van der Waals surface area contributed by atoms with E-state index in [4.69, 9.17) is 0 Å². The monoisotopic (exact) mass is 223 g/mol. The zero-order chi connectivity index (χ0) is 12.0. The molecule has 16 heavy (non-hydrogen) atoms. The van der Waals surface area contributed by atoms with Gasteiger partial charge in [-0.15, -0.1) is 0 Å². The van der Waals surface area contributed by atoms with Crippen LogP contribution < -0.4 is 5.32 Å². The molecule has 0 aliphatic carbocycles. The number of hydrogen-bond donors (Lipinski definition) is 1. The maximum atomic E-state index is 13.7. The van der Waals surface area contributed by atoms with E-state index in [1.54, 1.807) is 6.07 Å². The highest BCUT2D eigenvalue weighted by molar-refractivity contribution is 5.23. The van der Waals surface area contributed by atoms with Gasteiger partial charge in [-0.2, -0.15) is 0 Å². The summed E-state index contributed by atoms with van der Waals surface area (Å²) in [5.41, 5.74) is 1.85. The molecular formula is C14H22FN. The summed E-state index contributed by atoms with van der Waals surface area (Å²) in [6.45, 7) is 5.10. The Bertz CT molecular complexity index is 323. The van der Waals surface area contributed by atoms with Crippen LogP contribution in [0.2, 0.25) is 0 Å². The van der Waals surface area contributed by atoms with Crippen molar-refractivity contribution in [3.8, 4) is 0 Å². The molecule has 0 heterocycles. The lowest BCUT2D eigenvalue weighted by molar-refractivity contribution is 0.449. The van der Waals surface area contributed by atoms with Gasteiger partial charge in [0, 0.05) is 0 Å². The molecule has 1 unspecified atom stereocenters. The molecule has 0 amide bonds. The minimum atomic E-state index is -0.0529. The third kappa shape index (κ3) is 3.93. The Morgan fingerprint density at radius 3 is 2.69 bits per heavy atom. The average molecular weight is 223 g/mol. The molecule has 1 aromatic rings. The summed E-state index contributed by atoms with van der Waals surface area (Å²) < 4.78 is 13.7. The first kappa shape index (κ1) is 13.2. The quantitative estimate of drug-likeness (QED) is 0.780. The largest absolute Gasteiger partial charge is 0.320 e. The van der Waals surface area contributed by atoms with E-state index in [9.17, 15) is 4.39 Å². The molecule has 0 radical (unpaired) electrons. The molecule has 1 aromatic carbocycles. The predicted molar refractivity (Wildman–Crippen MR) is 67.2 cm³/mol. The number of halogens is 1. The van der Waals surface area contributed by atoms with Crippen LogP contribution in [0, 0.1) is 18.7 Å². The maximum absolute atomic E-state index is 13.7. The second-order valence-electron chi connectivity index (χ2n) is 4.47. The number of aryl methyl sites for hydroxylation is 1. The number of hydrogen-bond acceptors (Lipinski definition) is 1. The van der Waals surface area contributed by atoms with Gasteiger partial charge in [0.2, 0.25) is 0 Å². The molecular weight excluding hydrogens is 201 g/mol. The van der Waals surface area contributed by atoms with Crippen molar-refractivity contribution in [3.05, 3.63) is 35.1 Å². The minimum absolute atomic E-state index is 0.0529. The van der Waals surface area contributed by atoms with Crippen LogP contribution in [0.3, 0.4) is 0 Å². The Morgan fingerprint density at radius 1 is 1.38 bits per heavy atom. The molecule has 2 heteroatoms. The Balaban J connectivity index is 2.62. The van der Waals surface area contributed by atoms with Crippen LogP contribution in [0.4, 0.5) is 4.39 Å². The van der Waals surface area contributed by atoms with E-state index in [2.05, 4.69) is 12.2 Å². The zero-order valence-electron chi connectivity index (χ0n) is 10.5. The standard InChI is InChI=1S/C14H22FN/c1-4-12(7-8-16-3)10-13-6-5-11(2)9-14(13)15/h5-6,9,12,16H,4,7-8,10H2,1-3H3. The SMILES string of the molecule is CCC(CCNC)Cc1ccc(C)cc1F. The summed E-state index contributed by atoms with van der Waals surface area (Å²) in [6, 6.07) is 5.54. The van der Waals surface area contributed by atoms with Crippen LogP contribution in [0.25, 0.3) is 0 Å². The maximum Gasteiger partial charge on any atom is 0.126 e. The molecule has 90 valence electrons. The zero-order valence-corrected chi connectivity index (χ0v) is 10.5. The minimum Gasteiger partial charge on any atom is -0.320 e. The second-order valence-corrected chi connectivity index (χ2v) is 4.47. The van der Waals surface area contributed by atoms with E-state index in [1.807, 2.05) is 26.1 Å². The van der Waals surface area contributed by atoms with E-state index >= 15 is 0 Å². The molecule has 0 saturated heterocycles. The van der Waals surface area contributed by atoms with Gasteiger partial charge in [-0.25, -0.2) is 4.39 Å². The molecule has 1 N–H and O–H groups in total. The highest BCUT2D eigenvalue weighted by atomic mass is 19.1. The lowest BCUT2D eigenvalue weighted by Gasteiger charge is -2.15. The molecule has 0 aromatic heterocycles. The predicted octanol–water partition coefficient (Wildman–Crippen LogP) is 3.31. The van der Waals surface area contributed by atoms with Crippen molar-refractivity contribution in [2.24, 2.45) is 5.92 Å². The Labute approximate surface area is 98.1 Å². The smallest absolute Gasteiger partial charge is 0.126 e. The normalized spacial score (nSPS) is 12.8. The lowest BCUT2D eigenvalue weighted by Crippen LogP contribution is -2.15. The molecule has 0 spiro atoms. The van der Waals surface area contributed by atoms with Gasteiger partial charge in [-0.3, -0.25) is 0 Å². The summed E-state index contributed by atoms with van der Waals surface area (Å²) >= 11 is 0. The van der Waals surface area contributed by atoms with Gasteiger partial charge in [-0.1, -0.05) is 25.5 Å². The van der Waals surface area contributed by atoms with Crippen LogP contribution in [-0.4, -0.2) is 13.6 Å². The Morgan fingerprint density at radius 2 is 2.12 bits per heavy atom. The average Bonchev–Trinajstić information content (AvgIpc) is 2.27. The number of nitrogens with one attached hydrogen (secondary N) is 1. The van der Waals surface area contributed by atoms with Crippen molar-refractivity contribution in [3.63, 3.8) is 0 Å². The summed E-state index contributed by atoms with van der Waals surface area (Å²) in [5, 5.41) is 3.15. The summed E-state index contributed by atoms with van der Waals surface area (Å²) in [7, 11) is 1.96. The van der Waals surface area contributed by atoms with E-state index < -0.39 is 0 Å². The first-order valence-corrected chi connectivity index (χ1v) is 6.07. The third-order valence-corrected chi connectivity index (χ3v) is 3.10. The summed E-state index contributed by atoms with van der Waals surface area (Å²) in [4.78, 5) is 0. The van der Waals surface area contributed by atoms with E-state index in [1.165, 1.54) is 0 Å². The van der Waals surface area contributed by atoms with Gasteiger partial charge >= 0.3 is 0 Å². The first-order valence-electron chi connectivity index (χ1n) is 6.07. The van der Waals surface area contributed by atoms with E-state index in [0.717, 1.165) is 36.9 Å². The van der Waals surface area contributed by atoms with Crippen molar-refractivity contribution in [2.75, 3.05) is 13.6 Å². The van der Waals surface area contributed by atoms with Crippen molar-refractivity contribution in [1.29, 1.82) is 0 Å². The van der Waals surface area contributed by atoms with Crippen molar-refractivity contribution >= 4 is 0 Å². The van der Waals surface area contributed by atoms with Gasteiger partial charge in [0.15, 0.2) is 0 Å². The number of rotatable bonds is 6. The molecule has 0 aliphatic heterocycles. The van der Waals surface area contributed by atoms with Crippen LogP contribution in [-0.2, 0) is 6.42 Å². The number of benzene rings is 1. The van der Waals surface area contributed by atoms with Crippen LogP contribution in [0.5, 0.6) is 0 Å². The summed E-state index contributed by atoms with van der Waals surface area (Å²) in [5.74, 6) is 0.521. The van der Waals surface area contributed by atoms with E-state index in [0.29, 0.717) is 5.92 Å². The molecule has 1 rings (SSSR count). The topological polar surface area (TPSA) is 12.0 Å². The fourth-order valence-corrected chi connectivity index (χ4v) is 1.93. The molecule has 0 saturated carbocycles.